The van der Waals surface area contributed by atoms with Crippen LogP contribution in [-0.2, 0) is 10.3 Å². The number of urea groups is 1. The maximum atomic E-state index is 12.8. The molecule has 1 N–H and O–H groups in total. The van der Waals surface area contributed by atoms with Gasteiger partial charge in [-0.3, -0.25) is 14.9 Å². The molecule has 1 aliphatic rings. The Labute approximate surface area is 154 Å². The number of nitro benzene ring substituents is 1. The SMILES string of the molecule is COc1ccc([C@]2(C)NC(=O)N(/N=C\c3cccc([N+](=O)[O-])c3)C2=O)cc1. The Morgan fingerprint density at radius 1 is 1.22 bits per heavy atom. The number of carbonyl (C=O) groups is 2. The molecule has 0 bridgehead atoms. The fourth-order valence-corrected chi connectivity index (χ4v) is 2.69. The number of carbonyl (C=O) groups excluding carboxylic acids is 2. The minimum atomic E-state index is -1.27. The Morgan fingerprint density at radius 3 is 2.56 bits per heavy atom. The number of ether oxygens (including phenoxy) is 1. The van der Waals surface area contributed by atoms with Crippen molar-refractivity contribution in [2.45, 2.75) is 12.5 Å². The van der Waals surface area contributed by atoms with Gasteiger partial charge in [-0.25, -0.2) is 4.79 Å². The first-order valence-corrected chi connectivity index (χ1v) is 7.95. The standard InChI is InChI=1S/C18H16N4O5/c1-18(13-6-8-15(27-2)9-7-13)16(23)21(17(24)20-18)19-11-12-4-3-5-14(10-12)22(25)26/h3-11H,1-2H3,(H,20,24)/b19-11-/t18-/m0/s1. The van der Waals surface area contributed by atoms with Gasteiger partial charge in [0, 0.05) is 17.7 Å². The predicted octanol–water partition coefficient (Wildman–Crippen LogP) is 2.40. The lowest BCUT2D eigenvalue weighted by atomic mass is 9.92. The van der Waals surface area contributed by atoms with Gasteiger partial charge in [-0.05, 0) is 24.6 Å². The van der Waals surface area contributed by atoms with Crippen molar-refractivity contribution in [3.63, 3.8) is 0 Å². The molecule has 9 heteroatoms. The number of hydrogen-bond donors (Lipinski definition) is 1. The summed E-state index contributed by atoms with van der Waals surface area (Å²) in [5, 5.41) is 18.1. The maximum Gasteiger partial charge on any atom is 0.346 e. The van der Waals surface area contributed by atoms with Gasteiger partial charge in [-0.1, -0.05) is 24.3 Å². The summed E-state index contributed by atoms with van der Waals surface area (Å²) in [5.41, 5.74) is -0.416. The zero-order valence-corrected chi connectivity index (χ0v) is 14.6. The van der Waals surface area contributed by atoms with E-state index in [1.165, 1.54) is 31.5 Å². The number of nitrogens with one attached hydrogen (secondary N) is 1. The van der Waals surface area contributed by atoms with Gasteiger partial charge in [0.05, 0.1) is 18.2 Å². The van der Waals surface area contributed by atoms with Crippen LogP contribution in [0.15, 0.2) is 53.6 Å². The zero-order valence-electron chi connectivity index (χ0n) is 14.6. The number of methoxy groups -OCH3 is 1. The molecule has 0 saturated carbocycles. The first-order valence-electron chi connectivity index (χ1n) is 7.95. The normalized spacial score (nSPS) is 19.4. The minimum Gasteiger partial charge on any atom is -0.497 e. The molecule has 1 saturated heterocycles. The quantitative estimate of drug-likeness (QED) is 0.377. The van der Waals surface area contributed by atoms with E-state index in [-0.39, 0.29) is 5.69 Å². The number of nitro groups is 1. The highest BCUT2D eigenvalue weighted by Crippen LogP contribution is 2.30. The van der Waals surface area contributed by atoms with Crippen LogP contribution in [0.3, 0.4) is 0 Å². The number of nitrogens with zero attached hydrogens (tertiary/aromatic N) is 3. The Morgan fingerprint density at radius 2 is 1.93 bits per heavy atom. The molecule has 1 aliphatic heterocycles. The highest BCUT2D eigenvalue weighted by atomic mass is 16.6. The summed E-state index contributed by atoms with van der Waals surface area (Å²) >= 11 is 0. The van der Waals surface area contributed by atoms with Gasteiger partial charge in [0.1, 0.15) is 11.3 Å². The molecule has 9 nitrogen and oxygen atoms in total. The van der Waals surface area contributed by atoms with Gasteiger partial charge in [0.15, 0.2) is 0 Å². The summed E-state index contributed by atoms with van der Waals surface area (Å²) in [6, 6.07) is 11.8. The molecule has 1 heterocycles. The second-order valence-electron chi connectivity index (χ2n) is 6.00. The molecule has 0 spiro atoms. The third kappa shape index (κ3) is 3.34. The summed E-state index contributed by atoms with van der Waals surface area (Å²) in [5.74, 6) is 0.0685. The van der Waals surface area contributed by atoms with Gasteiger partial charge >= 0.3 is 6.03 Å². The van der Waals surface area contributed by atoms with E-state index in [2.05, 4.69) is 10.4 Å². The van der Waals surface area contributed by atoms with Crippen LogP contribution < -0.4 is 10.1 Å². The Bertz CT molecular complexity index is 941. The van der Waals surface area contributed by atoms with E-state index in [0.29, 0.717) is 21.9 Å². The molecule has 2 aromatic rings. The van der Waals surface area contributed by atoms with Crippen LogP contribution in [0.2, 0.25) is 0 Å². The Balaban J connectivity index is 1.85. The number of amides is 3. The Kier molecular flexibility index (Phi) is 4.59. The topological polar surface area (TPSA) is 114 Å². The number of hydrogen-bond acceptors (Lipinski definition) is 6. The molecule has 1 atom stereocenters. The molecule has 0 unspecified atom stereocenters. The molecule has 0 aromatic heterocycles. The van der Waals surface area contributed by atoms with E-state index in [9.17, 15) is 19.7 Å². The van der Waals surface area contributed by atoms with E-state index in [1.807, 2.05) is 0 Å². The Hall–Kier alpha value is -3.75. The van der Waals surface area contributed by atoms with Crippen LogP contribution in [0.25, 0.3) is 0 Å². The zero-order chi connectivity index (χ0) is 19.6. The summed E-state index contributed by atoms with van der Waals surface area (Å²) in [7, 11) is 1.53. The largest absolute Gasteiger partial charge is 0.497 e. The molecule has 0 aliphatic carbocycles. The summed E-state index contributed by atoms with van der Waals surface area (Å²) in [6.45, 7) is 1.58. The van der Waals surface area contributed by atoms with Crippen molar-refractivity contribution in [3.8, 4) is 5.75 Å². The van der Waals surface area contributed by atoms with E-state index < -0.39 is 22.4 Å². The first kappa shape index (κ1) is 18.1. The van der Waals surface area contributed by atoms with Gasteiger partial charge in [-0.2, -0.15) is 5.10 Å². The fourth-order valence-electron chi connectivity index (χ4n) is 2.69. The minimum absolute atomic E-state index is 0.112. The third-order valence-electron chi connectivity index (χ3n) is 4.24. The molecule has 2 aromatic carbocycles. The molecule has 27 heavy (non-hydrogen) atoms. The molecule has 3 rings (SSSR count). The van der Waals surface area contributed by atoms with Crippen LogP contribution in [0.5, 0.6) is 5.75 Å². The smallest absolute Gasteiger partial charge is 0.346 e. The average Bonchev–Trinajstić information content (AvgIpc) is 2.89. The van der Waals surface area contributed by atoms with Crippen molar-refractivity contribution < 1.29 is 19.2 Å². The number of imide groups is 1. The van der Waals surface area contributed by atoms with Crippen LogP contribution in [-0.4, -0.2) is 35.2 Å². The van der Waals surface area contributed by atoms with E-state index in [0.717, 1.165) is 0 Å². The van der Waals surface area contributed by atoms with Gasteiger partial charge in [0.2, 0.25) is 0 Å². The van der Waals surface area contributed by atoms with Gasteiger partial charge < -0.3 is 10.1 Å². The molecule has 3 amide bonds. The molecular weight excluding hydrogens is 352 g/mol. The van der Waals surface area contributed by atoms with Gasteiger partial charge in [0.25, 0.3) is 11.6 Å². The predicted molar refractivity (Wildman–Crippen MR) is 96.4 cm³/mol. The summed E-state index contributed by atoms with van der Waals surface area (Å²) in [4.78, 5) is 35.3. The van der Waals surface area contributed by atoms with E-state index >= 15 is 0 Å². The van der Waals surface area contributed by atoms with Crippen LogP contribution in [0.4, 0.5) is 10.5 Å². The maximum absolute atomic E-state index is 12.8. The number of rotatable bonds is 5. The highest BCUT2D eigenvalue weighted by molar-refractivity contribution is 6.07. The number of hydrazone groups is 1. The van der Waals surface area contributed by atoms with Crippen molar-refractivity contribution >= 4 is 23.8 Å². The first-order chi connectivity index (χ1) is 12.8. The van der Waals surface area contributed by atoms with Crippen molar-refractivity contribution in [2.24, 2.45) is 5.10 Å². The summed E-state index contributed by atoms with van der Waals surface area (Å²) in [6.07, 6.45) is 1.23. The average molecular weight is 368 g/mol. The number of non-ortho nitro benzene ring substituents is 1. The monoisotopic (exact) mass is 368 g/mol. The van der Waals surface area contributed by atoms with Crippen LogP contribution in [0, 0.1) is 10.1 Å². The van der Waals surface area contributed by atoms with Crippen molar-refractivity contribution in [3.05, 3.63) is 69.8 Å². The highest BCUT2D eigenvalue weighted by Gasteiger charge is 2.49. The molecule has 0 radical (unpaired) electrons. The van der Waals surface area contributed by atoms with Crippen molar-refractivity contribution in [1.29, 1.82) is 0 Å². The lowest BCUT2D eigenvalue weighted by Crippen LogP contribution is -2.40. The molecule has 1 fully saturated rings. The lowest BCUT2D eigenvalue weighted by molar-refractivity contribution is -0.384. The van der Waals surface area contributed by atoms with Crippen LogP contribution in [0.1, 0.15) is 18.1 Å². The summed E-state index contributed by atoms with van der Waals surface area (Å²) < 4.78 is 5.09. The van der Waals surface area contributed by atoms with E-state index in [4.69, 9.17) is 4.74 Å². The molecular formula is C18H16N4O5. The van der Waals surface area contributed by atoms with E-state index in [1.54, 1.807) is 37.3 Å². The van der Waals surface area contributed by atoms with Crippen molar-refractivity contribution in [2.75, 3.05) is 7.11 Å². The molecule has 138 valence electrons. The number of benzene rings is 2. The van der Waals surface area contributed by atoms with Gasteiger partial charge in [-0.15, -0.1) is 5.01 Å². The second-order valence-corrected chi connectivity index (χ2v) is 6.00. The second kappa shape index (κ2) is 6.87. The lowest BCUT2D eigenvalue weighted by Gasteiger charge is -2.21. The third-order valence-corrected chi connectivity index (χ3v) is 4.24. The van der Waals surface area contributed by atoms with Crippen molar-refractivity contribution in [1.82, 2.24) is 10.3 Å². The fraction of sp³-hybridized carbons (Fsp3) is 0.167. The van der Waals surface area contributed by atoms with Crippen LogP contribution >= 0.6 is 0 Å².